The van der Waals surface area contributed by atoms with Crippen LogP contribution in [0.25, 0.3) is 0 Å². The molecule has 4 nitrogen and oxygen atoms in total. The summed E-state index contributed by atoms with van der Waals surface area (Å²) in [6.45, 7) is 7.95. The van der Waals surface area contributed by atoms with Gasteiger partial charge < -0.3 is 5.32 Å². The maximum atomic E-state index is 15.0. The lowest BCUT2D eigenvalue weighted by atomic mass is 9.93. The number of thiocarbonyl (C=S) groups is 1. The lowest BCUT2D eigenvalue weighted by molar-refractivity contribution is 0.610. The Hall–Kier alpha value is -1.89. The van der Waals surface area contributed by atoms with Crippen LogP contribution in [-0.4, -0.2) is 26.2 Å². The van der Waals surface area contributed by atoms with Gasteiger partial charge >= 0.3 is 0 Å². The minimum absolute atomic E-state index is 0.345. The molecule has 2 aromatic carbocycles. The van der Waals surface area contributed by atoms with Gasteiger partial charge in [0.15, 0.2) is 5.17 Å². The molecule has 0 fully saturated rings. The maximum Gasteiger partial charge on any atom is 0.185 e. The number of hydrogen-bond donors (Lipinski definition) is 2. The molecule has 28 heavy (non-hydrogen) atoms. The standard InChI is InChI=1S/C22H29N3OS2/c1-21(2,3)28(26,23-5,16-17-12-8-6-9-13-17)20-24-19(27)22(4,25-20)18-14-10-7-11-15-18/h6-15H,16H2,1-5H3,(H,23,26)(H,24,25,27). The van der Waals surface area contributed by atoms with Crippen molar-refractivity contribution in [2.75, 3.05) is 7.05 Å². The van der Waals surface area contributed by atoms with E-state index in [9.17, 15) is 0 Å². The van der Waals surface area contributed by atoms with Crippen LogP contribution in [0.4, 0.5) is 0 Å². The third kappa shape index (κ3) is 3.04. The first kappa shape index (κ1) is 20.8. The SMILES string of the molecule is CNS(=O)(Cc1ccccc1)(C1=NC(C)(c2ccccc2)C(=S)N1)C(C)(C)C. The summed E-state index contributed by atoms with van der Waals surface area (Å²) in [5.74, 6) is 0.345. The molecule has 1 aliphatic rings. The van der Waals surface area contributed by atoms with E-state index in [1.807, 2.05) is 88.4 Å². The van der Waals surface area contributed by atoms with Crippen LogP contribution in [0.15, 0.2) is 65.7 Å². The molecule has 2 N–H and O–H groups in total. The monoisotopic (exact) mass is 415 g/mol. The second-order valence-corrected chi connectivity index (χ2v) is 13.3. The molecular weight excluding hydrogens is 386 g/mol. The molecule has 1 atom stereocenters. The number of nitrogens with zero attached hydrogens (tertiary/aromatic N) is 1. The number of aliphatic imine (C=N–C) groups is 1. The zero-order valence-electron chi connectivity index (χ0n) is 17.2. The van der Waals surface area contributed by atoms with E-state index in [1.165, 1.54) is 0 Å². The Balaban J connectivity index is 2.21. The number of rotatable bonds is 4. The molecule has 0 saturated carbocycles. The van der Waals surface area contributed by atoms with Crippen molar-refractivity contribution in [3.63, 3.8) is 0 Å². The quantitative estimate of drug-likeness (QED) is 0.738. The zero-order chi connectivity index (χ0) is 20.7. The van der Waals surface area contributed by atoms with Crippen molar-refractivity contribution in [2.24, 2.45) is 4.99 Å². The lowest BCUT2D eigenvalue weighted by Gasteiger charge is -2.51. The van der Waals surface area contributed by atoms with E-state index in [-0.39, 0.29) is 0 Å². The molecule has 0 saturated heterocycles. The summed E-state index contributed by atoms with van der Waals surface area (Å²) >= 11 is 5.69. The largest absolute Gasteiger partial charge is 0.325 e. The van der Waals surface area contributed by atoms with Gasteiger partial charge in [-0.2, -0.15) is 0 Å². The van der Waals surface area contributed by atoms with E-state index in [2.05, 4.69) is 10.0 Å². The Morgan fingerprint density at radius 1 is 1.07 bits per heavy atom. The van der Waals surface area contributed by atoms with Gasteiger partial charge in [0.1, 0.15) is 10.5 Å². The van der Waals surface area contributed by atoms with Crippen molar-refractivity contribution >= 4 is 31.6 Å². The highest BCUT2D eigenvalue weighted by molar-refractivity contribution is 8.31. The summed E-state index contributed by atoms with van der Waals surface area (Å²) in [6, 6.07) is 19.8. The van der Waals surface area contributed by atoms with Crippen LogP contribution in [0.2, 0.25) is 0 Å². The summed E-state index contributed by atoms with van der Waals surface area (Å²) in [5, 5.41) is 3.71. The predicted octanol–water partition coefficient (Wildman–Crippen LogP) is 4.14. The smallest absolute Gasteiger partial charge is 0.185 e. The highest BCUT2D eigenvalue weighted by atomic mass is 32.3. The molecule has 0 amide bonds. The molecule has 0 spiro atoms. The highest BCUT2D eigenvalue weighted by Crippen LogP contribution is 2.44. The Morgan fingerprint density at radius 3 is 2.11 bits per heavy atom. The summed E-state index contributed by atoms with van der Waals surface area (Å²) < 4.78 is 17.7. The van der Waals surface area contributed by atoms with E-state index in [0.717, 1.165) is 11.1 Å². The lowest BCUT2D eigenvalue weighted by Crippen LogP contribution is -2.67. The molecule has 1 aliphatic heterocycles. The first-order chi connectivity index (χ1) is 13.0. The third-order valence-corrected chi connectivity index (χ3v) is 11.6. The fourth-order valence-electron chi connectivity index (χ4n) is 3.61. The van der Waals surface area contributed by atoms with Crippen LogP contribution in [-0.2, 0) is 20.5 Å². The number of nitrogens with one attached hydrogen (secondary N) is 2. The van der Waals surface area contributed by atoms with E-state index in [1.54, 1.807) is 7.05 Å². The van der Waals surface area contributed by atoms with Crippen molar-refractivity contribution < 1.29 is 4.21 Å². The number of hydrogen-bond acceptors (Lipinski definition) is 3. The second kappa shape index (κ2) is 6.87. The predicted molar refractivity (Wildman–Crippen MR) is 124 cm³/mol. The normalized spacial score (nSPS) is 21.5. The Kier molecular flexibility index (Phi) is 5.11. The summed E-state index contributed by atoms with van der Waals surface area (Å²) in [6.07, 6.45) is 0. The van der Waals surface area contributed by atoms with Crippen molar-refractivity contribution in [3.8, 4) is 0 Å². The van der Waals surface area contributed by atoms with E-state index >= 15 is 4.21 Å². The van der Waals surface area contributed by atoms with E-state index in [4.69, 9.17) is 17.2 Å². The van der Waals surface area contributed by atoms with Crippen LogP contribution < -0.4 is 10.0 Å². The Bertz CT molecular complexity index is 980. The van der Waals surface area contributed by atoms with Gasteiger partial charge in [0.25, 0.3) is 0 Å². The topological polar surface area (TPSA) is 53.5 Å². The number of benzene rings is 2. The van der Waals surface area contributed by atoms with E-state index in [0.29, 0.717) is 15.9 Å². The summed E-state index contributed by atoms with van der Waals surface area (Å²) in [7, 11) is -1.92. The molecule has 1 unspecified atom stereocenters. The van der Waals surface area contributed by atoms with Gasteiger partial charge in [-0.3, -0.25) is 8.93 Å². The molecule has 0 aliphatic carbocycles. The molecule has 3 rings (SSSR count). The molecule has 2 aromatic rings. The van der Waals surface area contributed by atoms with E-state index < -0.39 is 19.5 Å². The van der Waals surface area contributed by atoms with Crippen molar-refractivity contribution in [1.82, 2.24) is 10.0 Å². The minimum atomic E-state index is -3.68. The average molecular weight is 416 g/mol. The molecule has 6 heteroatoms. The Labute approximate surface area is 173 Å². The third-order valence-electron chi connectivity index (χ3n) is 5.74. The second-order valence-electron chi connectivity index (χ2n) is 8.36. The summed E-state index contributed by atoms with van der Waals surface area (Å²) in [5.41, 5.74) is 1.23. The molecule has 150 valence electrons. The molecule has 0 radical (unpaired) electrons. The van der Waals surface area contributed by atoms with Crippen LogP contribution in [0.5, 0.6) is 0 Å². The van der Waals surface area contributed by atoms with Crippen LogP contribution in [0.1, 0.15) is 38.8 Å². The first-order valence-electron chi connectivity index (χ1n) is 9.39. The van der Waals surface area contributed by atoms with Gasteiger partial charge in [-0.05, 0) is 45.9 Å². The van der Waals surface area contributed by atoms with Gasteiger partial charge in [-0.15, -0.1) is 0 Å². The van der Waals surface area contributed by atoms with Gasteiger partial charge in [-0.1, -0.05) is 72.9 Å². The zero-order valence-corrected chi connectivity index (χ0v) is 18.8. The average Bonchev–Trinajstić information content (AvgIpc) is 2.99. The minimum Gasteiger partial charge on any atom is -0.325 e. The van der Waals surface area contributed by atoms with Crippen LogP contribution in [0, 0.1) is 0 Å². The van der Waals surface area contributed by atoms with Crippen molar-refractivity contribution in [2.45, 2.75) is 43.7 Å². The maximum absolute atomic E-state index is 15.0. The van der Waals surface area contributed by atoms with Crippen LogP contribution >= 0.6 is 12.2 Å². The first-order valence-corrected chi connectivity index (χ1v) is 11.9. The molecule has 0 bridgehead atoms. The van der Waals surface area contributed by atoms with Gasteiger partial charge in [0.2, 0.25) is 0 Å². The summed E-state index contributed by atoms with van der Waals surface area (Å²) in [4.78, 5) is 5.56. The van der Waals surface area contributed by atoms with Crippen LogP contribution in [0.3, 0.4) is 0 Å². The molecule has 0 aromatic heterocycles. The van der Waals surface area contributed by atoms with Crippen molar-refractivity contribution in [3.05, 3.63) is 71.8 Å². The number of amidine groups is 1. The Morgan fingerprint density at radius 2 is 1.61 bits per heavy atom. The van der Waals surface area contributed by atoms with Gasteiger partial charge in [0, 0.05) is 19.8 Å². The fraction of sp³-hybridized carbons (Fsp3) is 0.364. The van der Waals surface area contributed by atoms with Gasteiger partial charge in [-0.25, -0.2) is 4.99 Å². The fourth-order valence-corrected chi connectivity index (χ4v) is 7.55. The van der Waals surface area contributed by atoms with Crippen molar-refractivity contribution in [1.29, 1.82) is 0 Å². The molecular formula is C22H29N3OS2. The highest BCUT2D eigenvalue weighted by Gasteiger charge is 2.55. The van der Waals surface area contributed by atoms with Gasteiger partial charge in [0.05, 0.1) is 0 Å². The molecule has 1 heterocycles.